The lowest BCUT2D eigenvalue weighted by Gasteiger charge is -2.37. The Labute approximate surface area is 220 Å². The Morgan fingerprint density at radius 3 is 2.70 bits per heavy atom. The summed E-state index contributed by atoms with van der Waals surface area (Å²) in [4.78, 5) is 20.5. The number of ether oxygens (including phenoxy) is 1. The largest absolute Gasteiger partial charge is 0.381 e. The molecule has 0 saturated carbocycles. The van der Waals surface area contributed by atoms with Crippen LogP contribution in [0.5, 0.6) is 0 Å². The predicted molar refractivity (Wildman–Crippen MR) is 145 cm³/mol. The van der Waals surface area contributed by atoms with Gasteiger partial charge >= 0.3 is 0 Å². The Bertz CT molecular complexity index is 1230. The van der Waals surface area contributed by atoms with E-state index in [0.717, 1.165) is 78.7 Å². The molecule has 0 amide bonds. The maximum absolute atomic E-state index is 13.3. The highest BCUT2D eigenvalue weighted by atomic mass is 32.1. The second-order valence-corrected chi connectivity index (χ2v) is 10.2. The number of aliphatic imine (C=N–C) groups is 1. The number of hydrogen-bond acceptors (Lipinski definition) is 10. The molecular formula is C26H32FN7O2S. The number of methoxy groups -OCH3 is 1. The Morgan fingerprint density at radius 1 is 1.16 bits per heavy atom. The Balaban J connectivity index is 1.20. The van der Waals surface area contributed by atoms with Gasteiger partial charge < -0.3 is 20.1 Å². The monoisotopic (exact) mass is 525 g/mol. The first kappa shape index (κ1) is 25.7. The van der Waals surface area contributed by atoms with Crippen LogP contribution in [0.3, 0.4) is 0 Å². The summed E-state index contributed by atoms with van der Waals surface area (Å²) in [7, 11) is 3.56. The molecule has 37 heavy (non-hydrogen) atoms. The van der Waals surface area contributed by atoms with Crippen molar-refractivity contribution in [3.63, 3.8) is 0 Å². The Morgan fingerprint density at radius 2 is 1.95 bits per heavy atom. The van der Waals surface area contributed by atoms with Crippen molar-refractivity contribution < 1.29 is 14.2 Å². The van der Waals surface area contributed by atoms with Crippen LogP contribution in [0.2, 0.25) is 0 Å². The van der Waals surface area contributed by atoms with Gasteiger partial charge in [-0.1, -0.05) is 11.3 Å². The van der Waals surface area contributed by atoms with Crippen molar-refractivity contribution in [1.29, 1.82) is 0 Å². The van der Waals surface area contributed by atoms with Crippen molar-refractivity contribution in [3.8, 4) is 0 Å². The van der Waals surface area contributed by atoms with Gasteiger partial charge in [-0.15, -0.1) is 0 Å². The smallest absolute Gasteiger partial charge is 0.190 e. The molecule has 11 heteroatoms. The van der Waals surface area contributed by atoms with Crippen LogP contribution < -0.4 is 10.2 Å². The molecule has 1 unspecified atom stereocenters. The number of fused-ring (bicyclic) bond motifs is 1. The second kappa shape index (κ2) is 11.6. The summed E-state index contributed by atoms with van der Waals surface area (Å²) >= 11 is 1.51. The Kier molecular flexibility index (Phi) is 8.06. The zero-order valence-corrected chi connectivity index (χ0v) is 21.9. The third-order valence-corrected chi connectivity index (χ3v) is 7.61. The number of piperazine rings is 1. The lowest BCUT2D eigenvalue weighted by molar-refractivity contribution is -0.0655. The maximum atomic E-state index is 13.3. The summed E-state index contributed by atoms with van der Waals surface area (Å²) in [6.07, 6.45) is 2.85. The first-order valence-corrected chi connectivity index (χ1v) is 13.2. The van der Waals surface area contributed by atoms with Gasteiger partial charge in [0.15, 0.2) is 5.13 Å². The van der Waals surface area contributed by atoms with E-state index in [1.54, 1.807) is 19.2 Å². The summed E-state index contributed by atoms with van der Waals surface area (Å²) in [5, 5.41) is 15.1. The number of hydrogen-bond donors (Lipinski definition) is 2. The molecule has 0 aliphatic carbocycles. The number of anilines is 3. The normalized spacial score (nSPS) is 17.2. The summed E-state index contributed by atoms with van der Waals surface area (Å²) in [5.41, 5.74) is 3.06. The molecule has 2 aromatic heterocycles. The van der Waals surface area contributed by atoms with Crippen LogP contribution in [0.4, 0.5) is 26.0 Å². The van der Waals surface area contributed by atoms with E-state index in [4.69, 9.17) is 14.7 Å². The molecule has 1 aromatic carbocycles. The first-order chi connectivity index (χ1) is 18.0. The molecule has 3 aromatic rings. The van der Waals surface area contributed by atoms with E-state index in [-0.39, 0.29) is 5.82 Å². The molecule has 9 nitrogen and oxygen atoms in total. The van der Waals surface area contributed by atoms with Crippen LogP contribution >= 0.6 is 11.3 Å². The molecule has 2 aliphatic heterocycles. The number of halogens is 1. The highest BCUT2D eigenvalue weighted by Crippen LogP contribution is 2.37. The minimum Gasteiger partial charge on any atom is -0.381 e. The predicted octanol–water partition coefficient (Wildman–Crippen LogP) is 3.62. The minimum atomic E-state index is -0.545. The molecule has 1 fully saturated rings. The molecule has 0 spiro atoms. The van der Waals surface area contributed by atoms with Crippen molar-refractivity contribution in [2.75, 3.05) is 57.2 Å². The minimum absolute atomic E-state index is 0.249. The van der Waals surface area contributed by atoms with Crippen LogP contribution in [0.1, 0.15) is 17.7 Å². The molecule has 2 aliphatic rings. The van der Waals surface area contributed by atoms with Gasteiger partial charge in [-0.3, -0.25) is 9.80 Å². The molecular weight excluding hydrogens is 493 g/mol. The quantitative estimate of drug-likeness (QED) is 0.461. The highest BCUT2D eigenvalue weighted by Gasteiger charge is 2.23. The topological polar surface area (TPSA) is 89.3 Å². The zero-order valence-electron chi connectivity index (χ0n) is 21.1. The van der Waals surface area contributed by atoms with E-state index in [1.807, 2.05) is 24.2 Å². The van der Waals surface area contributed by atoms with Gasteiger partial charge in [-0.2, -0.15) is 0 Å². The number of nitrogens with zero attached hydrogens (tertiary/aromatic N) is 6. The third-order valence-electron chi connectivity index (χ3n) is 6.70. The lowest BCUT2D eigenvalue weighted by atomic mass is 10.1. The highest BCUT2D eigenvalue weighted by molar-refractivity contribution is 7.19. The van der Waals surface area contributed by atoms with Crippen LogP contribution in [0.15, 0.2) is 47.6 Å². The Hall–Kier alpha value is -2.96. The molecule has 0 bridgehead atoms. The SMILES string of the molecule is COCC(O)N1CCN(Cc2ccnc(Nc3nc4c(s3)N=C(N(C)c3ccc(F)cc3)CC4)c2)CC1. The molecule has 196 valence electrons. The molecule has 5 rings (SSSR count). The van der Waals surface area contributed by atoms with Crippen molar-refractivity contribution in [1.82, 2.24) is 19.8 Å². The summed E-state index contributed by atoms with van der Waals surface area (Å²) < 4.78 is 18.4. The number of aliphatic hydroxyl groups excluding tert-OH is 1. The maximum Gasteiger partial charge on any atom is 0.190 e. The van der Waals surface area contributed by atoms with Gasteiger partial charge in [-0.25, -0.2) is 19.4 Å². The molecule has 4 heterocycles. The number of rotatable bonds is 8. The van der Waals surface area contributed by atoms with Crippen LogP contribution in [0, 0.1) is 5.82 Å². The van der Waals surface area contributed by atoms with E-state index in [2.05, 4.69) is 26.2 Å². The fourth-order valence-electron chi connectivity index (χ4n) is 4.59. The number of aryl methyl sites for hydroxylation is 1. The van der Waals surface area contributed by atoms with E-state index < -0.39 is 6.23 Å². The van der Waals surface area contributed by atoms with Gasteiger partial charge in [0.1, 0.15) is 28.7 Å². The number of thiazole rings is 1. The molecule has 0 radical (unpaired) electrons. The number of pyridine rings is 1. The first-order valence-electron chi connectivity index (χ1n) is 12.4. The van der Waals surface area contributed by atoms with Gasteiger partial charge in [0.05, 0.1) is 12.3 Å². The van der Waals surface area contributed by atoms with Gasteiger partial charge in [0.25, 0.3) is 0 Å². The van der Waals surface area contributed by atoms with Crippen molar-refractivity contribution in [2.45, 2.75) is 25.6 Å². The van der Waals surface area contributed by atoms with Crippen LogP contribution in [-0.4, -0.2) is 83.9 Å². The number of nitrogens with one attached hydrogen (secondary N) is 1. The van der Waals surface area contributed by atoms with E-state index >= 15 is 0 Å². The van der Waals surface area contributed by atoms with Gasteiger partial charge in [0.2, 0.25) is 0 Å². The van der Waals surface area contributed by atoms with Crippen molar-refractivity contribution in [3.05, 3.63) is 59.7 Å². The van der Waals surface area contributed by atoms with E-state index in [1.165, 1.54) is 29.0 Å². The standard InChI is InChI=1S/C26H32FN7O2S/c1-32(20-5-3-19(27)4-6-20)23-8-7-21-25(31-23)37-26(29-21)30-22-15-18(9-10-28-22)16-33-11-13-34(14-12-33)24(35)17-36-2/h3-6,9-10,15,24,35H,7-8,11-14,16-17H2,1-2H3,(H,28,29,30). The summed E-state index contributed by atoms with van der Waals surface area (Å²) in [6.45, 7) is 4.55. The van der Waals surface area contributed by atoms with E-state index in [9.17, 15) is 9.50 Å². The molecule has 1 saturated heterocycles. The lowest BCUT2D eigenvalue weighted by Crippen LogP contribution is -2.51. The van der Waals surface area contributed by atoms with Gasteiger partial charge in [-0.05, 0) is 48.4 Å². The number of aromatic nitrogens is 2. The van der Waals surface area contributed by atoms with Crippen LogP contribution in [0.25, 0.3) is 0 Å². The van der Waals surface area contributed by atoms with E-state index in [0.29, 0.717) is 6.61 Å². The molecule has 1 atom stereocenters. The summed E-state index contributed by atoms with van der Waals surface area (Å²) in [6, 6.07) is 10.5. The third kappa shape index (κ3) is 6.31. The fraction of sp³-hybridized carbons (Fsp3) is 0.423. The van der Waals surface area contributed by atoms with Gasteiger partial charge in [0, 0.05) is 65.2 Å². The summed E-state index contributed by atoms with van der Waals surface area (Å²) in [5.74, 6) is 1.44. The van der Waals surface area contributed by atoms with Crippen LogP contribution in [-0.2, 0) is 17.7 Å². The van der Waals surface area contributed by atoms with Crippen molar-refractivity contribution >= 4 is 38.8 Å². The number of benzene rings is 1. The average molecular weight is 526 g/mol. The zero-order chi connectivity index (χ0) is 25.8. The average Bonchev–Trinajstić information content (AvgIpc) is 3.31. The molecule has 2 N–H and O–H groups in total. The number of aliphatic hydroxyl groups is 1. The second-order valence-electron chi connectivity index (χ2n) is 9.26. The number of amidine groups is 1. The fourth-order valence-corrected chi connectivity index (χ4v) is 5.50. The van der Waals surface area contributed by atoms with Crippen molar-refractivity contribution in [2.24, 2.45) is 4.99 Å².